The third-order valence-electron chi connectivity index (χ3n) is 4.36. The zero-order valence-electron chi connectivity index (χ0n) is 14.9. The van der Waals surface area contributed by atoms with Crippen LogP contribution in [0.15, 0.2) is 24.5 Å². The van der Waals surface area contributed by atoms with Crippen LogP contribution in [0.4, 0.5) is 5.82 Å². The first kappa shape index (κ1) is 17.8. The number of carbonyl (C=O) groups is 2. The van der Waals surface area contributed by atoms with Crippen LogP contribution in [0.1, 0.15) is 53.6 Å². The molecule has 3 N–H and O–H groups in total. The lowest BCUT2D eigenvalue weighted by Crippen LogP contribution is -2.35. The van der Waals surface area contributed by atoms with Crippen molar-refractivity contribution < 1.29 is 9.59 Å². The summed E-state index contributed by atoms with van der Waals surface area (Å²) in [6.07, 6.45) is 4.94. The van der Waals surface area contributed by atoms with Crippen LogP contribution in [-0.2, 0) is 0 Å². The number of anilines is 1. The molecule has 9 nitrogen and oxygen atoms in total. The maximum absolute atomic E-state index is 12.0. The summed E-state index contributed by atoms with van der Waals surface area (Å²) in [6, 6.07) is 3.76. The van der Waals surface area contributed by atoms with E-state index in [1.807, 2.05) is 19.9 Å². The molecular formula is C17H23N7O2. The van der Waals surface area contributed by atoms with Gasteiger partial charge in [-0.2, -0.15) is 0 Å². The van der Waals surface area contributed by atoms with Crippen LogP contribution < -0.4 is 16.0 Å². The van der Waals surface area contributed by atoms with Crippen molar-refractivity contribution in [2.45, 2.75) is 38.8 Å². The summed E-state index contributed by atoms with van der Waals surface area (Å²) < 4.78 is 1.77. The van der Waals surface area contributed by atoms with E-state index < -0.39 is 5.91 Å². The van der Waals surface area contributed by atoms with E-state index in [0.29, 0.717) is 11.3 Å². The highest BCUT2D eigenvalue weighted by Gasteiger charge is 2.23. The Hall–Kier alpha value is -2.97. The van der Waals surface area contributed by atoms with Crippen LogP contribution in [0.25, 0.3) is 0 Å². The second-order valence-corrected chi connectivity index (χ2v) is 6.70. The minimum atomic E-state index is -0.480. The van der Waals surface area contributed by atoms with Crippen LogP contribution >= 0.6 is 0 Å². The number of hydrogen-bond acceptors (Lipinski definition) is 6. The molecule has 1 aliphatic rings. The first-order valence-electron chi connectivity index (χ1n) is 8.67. The van der Waals surface area contributed by atoms with E-state index in [2.05, 4.69) is 25.5 Å². The molecule has 9 heteroatoms. The molecule has 3 rings (SSSR count). The second-order valence-electron chi connectivity index (χ2n) is 6.70. The van der Waals surface area contributed by atoms with Gasteiger partial charge in [-0.3, -0.25) is 9.59 Å². The second kappa shape index (κ2) is 7.51. The molecule has 0 bridgehead atoms. The molecule has 0 radical (unpaired) electrons. The summed E-state index contributed by atoms with van der Waals surface area (Å²) >= 11 is 0. The number of piperidine rings is 1. The number of rotatable bonds is 5. The van der Waals surface area contributed by atoms with Crippen molar-refractivity contribution in [1.82, 2.24) is 25.3 Å². The quantitative estimate of drug-likeness (QED) is 0.815. The number of carbonyl (C=O) groups excluding carboxylic acids is 2. The summed E-state index contributed by atoms with van der Waals surface area (Å²) in [6.45, 7) is 5.42. The van der Waals surface area contributed by atoms with E-state index in [-0.39, 0.29) is 18.0 Å². The molecule has 138 valence electrons. The van der Waals surface area contributed by atoms with Gasteiger partial charge in [0.05, 0.1) is 17.8 Å². The Labute approximate surface area is 151 Å². The van der Waals surface area contributed by atoms with Crippen LogP contribution in [0.5, 0.6) is 0 Å². The first-order valence-corrected chi connectivity index (χ1v) is 8.67. The molecule has 1 saturated heterocycles. The molecule has 0 aliphatic carbocycles. The standard InChI is InChI=1S/C17H23N7O2/c1-11(2)20-17(26)14-10-24(22-21-14)13-5-7-23(8-6-13)15-4-3-12(9-19-15)16(18)25/h3-4,9-11,13H,5-8H2,1-2H3,(H2,18,25)(H,20,26). The summed E-state index contributed by atoms with van der Waals surface area (Å²) in [4.78, 5) is 29.6. The number of nitrogens with zero attached hydrogens (tertiary/aromatic N) is 5. The Morgan fingerprint density at radius 3 is 2.58 bits per heavy atom. The number of aromatic nitrogens is 4. The smallest absolute Gasteiger partial charge is 0.273 e. The van der Waals surface area contributed by atoms with Gasteiger partial charge in [0.15, 0.2) is 5.69 Å². The summed E-state index contributed by atoms with van der Waals surface area (Å²) in [5, 5.41) is 10.9. The minimum Gasteiger partial charge on any atom is -0.366 e. The Morgan fingerprint density at radius 1 is 1.27 bits per heavy atom. The minimum absolute atomic E-state index is 0.0596. The van der Waals surface area contributed by atoms with Gasteiger partial charge in [0.2, 0.25) is 5.91 Å². The molecule has 2 aromatic rings. The van der Waals surface area contributed by atoms with Crippen molar-refractivity contribution in [3.8, 4) is 0 Å². The van der Waals surface area contributed by atoms with Gasteiger partial charge in [-0.1, -0.05) is 5.21 Å². The molecule has 0 unspecified atom stereocenters. The van der Waals surface area contributed by atoms with Crippen molar-refractivity contribution in [2.24, 2.45) is 5.73 Å². The molecule has 1 aliphatic heterocycles. The Kier molecular flexibility index (Phi) is 5.15. The predicted octanol–water partition coefficient (Wildman–Crippen LogP) is 0.752. The fourth-order valence-electron chi connectivity index (χ4n) is 2.97. The van der Waals surface area contributed by atoms with Crippen LogP contribution in [0.3, 0.4) is 0 Å². The van der Waals surface area contributed by atoms with E-state index in [0.717, 1.165) is 31.7 Å². The summed E-state index contributed by atoms with van der Waals surface area (Å²) in [7, 11) is 0. The maximum atomic E-state index is 12.0. The highest BCUT2D eigenvalue weighted by atomic mass is 16.2. The average molecular weight is 357 g/mol. The number of hydrogen-bond donors (Lipinski definition) is 2. The largest absolute Gasteiger partial charge is 0.366 e. The molecule has 26 heavy (non-hydrogen) atoms. The molecule has 0 aromatic carbocycles. The molecule has 0 saturated carbocycles. The lowest BCUT2D eigenvalue weighted by atomic mass is 10.1. The highest BCUT2D eigenvalue weighted by molar-refractivity contribution is 5.92. The zero-order valence-corrected chi connectivity index (χ0v) is 14.9. The monoisotopic (exact) mass is 357 g/mol. The third-order valence-corrected chi connectivity index (χ3v) is 4.36. The van der Waals surface area contributed by atoms with Crippen LogP contribution in [0.2, 0.25) is 0 Å². The van der Waals surface area contributed by atoms with E-state index >= 15 is 0 Å². The molecule has 0 spiro atoms. The number of primary amides is 1. The lowest BCUT2D eigenvalue weighted by Gasteiger charge is -2.32. The van der Waals surface area contributed by atoms with Crippen LogP contribution in [0, 0.1) is 0 Å². The summed E-state index contributed by atoms with van der Waals surface area (Å²) in [5.74, 6) is 0.137. The predicted molar refractivity (Wildman–Crippen MR) is 95.9 cm³/mol. The number of pyridine rings is 1. The molecular weight excluding hydrogens is 334 g/mol. The van der Waals surface area contributed by atoms with Gasteiger partial charge in [0.1, 0.15) is 5.82 Å². The number of nitrogens with one attached hydrogen (secondary N) is 1. The molecule has 3 heterocycles. The van der Waals surface area contributed by atoms with E-state index in [4.69, 9.17) is 5.73 Å². The topological polar surface area (TPSA) is 119 Å². The lowest BCUT2D eigenvalue weighted by molar-refractivity contribution is 0.0937. The van der Waals surface area contributed by atoms with Gasteiger partial charge < -0.3 is 16.0 Å². The first-order chi connectivity index (χ1) is 12.4. The van der Waals surface area contributed by atoms with Gasteiger partial charge in [0.25, 0.3) is 5.91 Å². The molecule has 0 atom stereocenters. The summed E-state index contributed by atoms with van der Waals surface area (Å²) in [5.41, 5.74) is 5.98. The Balaban J connectivity index is 1.59. The van der Waals surface area contributed by atoms with Crippen molar-refractivity contribution in [3.05, 3.63) is 35.8 Å². The molecule has 1 fully saturated rings. The maximum Gasteiger partial charge on any atom is 0.273 e. The van der Waals surface area contributed by atoms with Crippen LogP contribution in [-0.4, -0.2) is 50.9 Å². The van der Waals surface area contributed by atoms with Gasteiger partial charge in [-0.15, -0.1) is 5.10 Å². The highest BCUT2D eigenvalue weighted by Crippen LogP contribution is 2.25. The van der Waals surface area contributed by atoms with E-state index in [1.54, 1.807) is 16.9 Å². The van der Waals surface area contributed by atoms with E-state index in [1.165, 1.54) is 6.20 Å². The normalized spacial score (nSPS) is 15.3. The third kappa shape index (κ3) is 3.98. The molecule has 2 amide bonds. The fourth-order valence-corrected chi connectivity index (χ4v) is 2.97. The van der Waals surface area contributed by atoms with Crippen molar-refractivity contribution >= 4 is 17.6 Å². The van der Waals surface area contributed by atoms with Gasteiger partial charge in [-0.05, 0) is 38.8 Å². The van der Waals surface area contributed by atoms with Gasteiger partial charge in [-0.25, -0.2) is 9.67 Å². The van der Waals surface area contributed by atoms with E-state index in [9.17, 15) is 9.59 Å². The zero-order chi connectivity index (χ0) is 18.7. The fraction of sp³-hybridized carbons (Fsp3) is 0.471. The van der Waals surface area contributed by atoms with Gasteiger partial charge in [0, 0.05) is 25.3 Å². The van der Waals surface area contributed by atoms with Gasteiger partial charge >= 0.3 is 0 Å². The van der Waals surface area contributed by atoms with Crippen molar-refractivity contribution in [1.29, 1.82) is 0 Å². The SMILES string of the molecule is CC(C)NC(=O)c1cn(C2CCN(c3ccc(C(N)=O)cn3)CC2)nn1. The Morgan fingerprint density at radius 2 is 2.00 bits per heavy atom. The average Bonchev–Trinajstić information content (AvgIpc) is 3.12. The Bertz CT molecular complexity index is 777. The van der Waals surface area contributed by atoms with Crippen molar-refractivity contribution in [3.63, 3.8) is 0 Å². The molecule has 2 aromatic heterocycles. The number of amides is 2. The number of nitrogens with two attached hydrogens (primary N) is 1. The van der Waals surface area contributed by atoms with Crippen molar-refractivity contribution in [2.75, 3.05) is 18.0 Å².